The SMILES string of the molecule is O=C(C=Cc1ccccn1)N1CCC(c2nc3cc(Cl)ccc3s2)CC1. The van der Waals surface area contributed by atoms with E-state index in [0.717, 1.165) is 47.2 Å². The maximum atomic E-state index is 12.4. The van der Waals surface area contributed by atoms with Crippen LogP contribution in [0.4, 0.5) is 0 Å². The molecule has 3 heterocycles. The molecule has 1 amide bonds. The highest BCUT2D eigenvalue weighted by Gasteiger charge is 2.25. The van der Waals surface area contributed by atoms with Gasteiger partial charge in [0.1, 0.15) is 0 Å². The summed E-state index contributed by atoms with van der Waals surface area (Å²) < 4.78 is 1.17. The van der Waals surface area contributed by atoms with Crippen molar-refractivity contribution < 1.29 is 4.79 Å². The van der Waals surface area contributed by atoms with Gasteiger partial charge in [-0.1, -0.05) is 17.7 Å². The number of carbonyl (C=O) groups is 1. The number of likely N-dealkylation sites (tertiary alicyclic amines) is 1. The van der Waals surface area contributed by atoms with Gasteiger partial charge in [-0.25, -0.2) is 4.98 Å². The molecule has 0 saturated carbocycles. The molecule has 0 N–H and O–H groups in total. The first-order valence-electron chi connectivity index (χ1n) is 8.63. The predicted octanol–water partition coefficient (Wildman–Crippen LogP) is 4.76. The van der Waals surface area contributed by atoms with Crippen LogP contribution in [0.25, 0.3) is 16.3 Å². The number of halogens is 1. The molecule has 132 valence electrons. The molecular weight excluding hydrogens is 366 g/mol. The third-order valence-electron chi connectivity index (χ3n) is 4.61. The molecule has 4 rings (SSSR count). The minimum absolute atomic E-state index is 0.0465. The Morgan fingerprint density at radius 2 is 2.08 bits per heavy atom. The summed E-state index contributed by atoms with van der Waals surface area (Å²) in [5.41, 5.74) is 1.76. The number of fused-ring (bicyclic) bond motifs is 1. The zero-order valence-electron chi connectivity index (χ0n) is 14.1. The predicted molar refractivity (Wildman–Crippen MR) is 106 cm³/mol. The first-order valence-corrected chi connectivity index (χ1v) is 9.82. The second-order valence-electron chi connectivity index (χ2n) is 6.35. The first-order chi connectivity index (χ1) is 12.7. The molecular formula is C20H18ClN3OS. The highest BCUT2D eigenvalue weighted by molar-refractivity contribution is 7.18. The van der Waals surface area contributed by atoms with Gasteiger partial charge in [0.2, 0.25) is 5.91 Å². The topological polar surface area (TPSA) is 46.1 Å². The Balaban J connectivity index is 1.38. The van der Waals surface area contributed by atoms with Gasteiger partial charge in [-0.05, 0) is 49.2 Å². The Bertz CT molecular complexity index is 946. The number of piperidine rings is 1. The summed E-state index contributed by atoms with van der Waals surface area (Å²) in [7, 11) is 0. The van der Waals surface area contributed by atoms with Crippen molar-refractivity contribution in [2.45, 2.75) is 18.8 Å². The fourth-order valence-electron chi connectivity index (χ4n) is 3.18. The van der Waals surface area contributed by atoms with Crippen molar-refractivity contribution in [3.05, 3.63) is 64.4 Å². The second kappa shape index (κ2) is 7.56. The van der Waals surface area contributed by atoms with Gasteiger partial charge in [0.05, 0.1) is 20.9 Å². The van der Waals surface area contributed by atoms with Crippen LogP contribution in [-0.2, 0) is 4.79 Å². The van der Waals surface area contributed by atoms with E-state index < -0.39 is 0 Å². The van der Waals surface area contributed by atoms with E-state index in [1.807, 2.05) is 41.3 Å². The lowest BCUT2D eigenvalue weighted by atomic mass is 9.97. The average molecular weight is 384 g/mol. The molecule has 1 saturated heterocycles. The van der Waals surface area contributed by atoms with Crippen molar-refractivity contribution in [1.29, 1.82) is 0 Å². The van der Waals surface area contributed by atoms with Crippen molar-refractivity contribution in [1.82, 2.24) is 14.9 Å². The third-order valence-corrected chi connectivity index (χ3v) is 6.04. The van der Waals surface area contributed by atoms with E-state index in [0.29, 0.717) is 5.92 Å². The smallest absolute Gasteiger partial charge is 0.246 e. The van der Waals surface area contributed by atoms with Crippen LogP contribution in [-0.4, -0.2) is 33.9 Å². The number of thiazole rings is 1. The molecule has 26 heavy (non-hydrogen) atoms. The van der Waals surface area contributed by atoms with Gasteiger partial charge in [0.15, 0.2) is 0 Å². The fraction of sp³-hybridized carbons (Fsp3) is 0.250. The minimum atomic E-state index is 0.0465. The van der Waals surface area contributed by atoms with Crippen molar-refractivity contribution in [3.8, 4) is 0 Å². The molecule has 0 spiro atoms. The zero-order valence-corrected chi connectivity index (χ0v) is 15.7. The van der Waals surface area contributed by atoms with Crippen molar-refractivity contribution in [2.75, 3.05) is 13.1 Å². The Morgan fingerprint density at radius 3 is 2.85 bits per heavy atom. The Labute approximate surface area is 161 Å². The van der Waals surface area contributed by atoms with Gasteiger partial charge < -0.3 is 4.90 Å². The summed E-state index contributed by atoms with van der Waals surface area (Å²) in [5, 5.41) is 1.87. The van der Waals surface area contributed by atoms with E-state index >= 15 is 0 Å². The number of rotatable bonds is 3. The van der Waals surface area contributed by atoms with Crippen molar-refractivity contribution in [3.63, 3.8) is 0 Å². The van der Waals surface area contributed by atoms with Gasteiger partial charge in [-0.3, -0.25) is 9.78 Å². The maximum Gasteiger partial charge on any atom is 0.246 e. The number of benzene rings is 1. The van der Waals surface area contributed by atoms with Crippen LogP contribution in [0.3, 0.4) is 0 Å². The molecule has 0 radical (unpaired) electrons. The van der Waals surface area contributed by atoms with E-state index in [2.05, 4.69) is 4.98 Å². The normalized spacial score (nSPS) is 15.8. The Morgan fingerprint density at radius 1 is 1.23 bits per heavy atom. The lowest BCUT2D eigenvalue weighted by Crippen LogP contribution is -2.36. The van der Waals surface area contributed by atoms with E-state index in [4.69, 9.17) is 16.6 Å². The van der Waals surface area contributed by atoms with Crippen LogP contribution in [0.5, 0.6) is 0 Å². The molecule has 3 aromatic rings. The van der Waals surface area contributed by atoms with Crippen LogP contribution in [0.1, 0.15) is 29.5 Å². The molecule has 0 bridgehead atoms. The lowest BCUT2D eigenvalue weighted by molar-refractivity contribution is -0.126. The monoisotopic (exact) mass is 383 g/mol. The Kier molecular flexibility index (Phi) is 5.00. The van der Waals surface area contributed by atoms with Crippen LogP contribution in [0, 0.1) is 0 Å². The van der Waals surface area contributed by atoms with E-state index in [1.54, 1.807) is 29.7 Å². The number of hydrogen-bond donors (Lipinski definition) is 0. The molecule has 1 aliphatic rings. The molecule has 2 aromatic heterocycles. The summed E-state index contributed by atoms with van der Waals surface area (Å²) in [5.74, 6) is 0.458. The Hall–Kier alpha value is -2.24. The van der Waals surface area contributed by atoms with E-state index in [9.17, 15) is 4.79 Å². The third kappa shape index (κ3) is 3.79. The van der Waals surface area contributed by atoms with Crippen molar-refractivity contribution >= 4 is 45.1 Å². The molecule has 0 unspecified atom stereocenters. The lowest BCUT2D eigenvalue weighted by Gasteiger charge is -2.30. The quantitative estimate of drug-likeness (QED) is 0.612. The number of pyridine rings is 1. The van der Waals surface area contributed by atoms with Crippen LogP contribution < -0.4 is 0 Å². The number of carbonyl (C=O) groups excluding carboxylic acids is 1. The molecule has 1 aliphatic heterocycles. The highest BCUT2D eigenvalue weighted by atomic mass is 35.5. The van der Waals surface area contributed by atoms with E-state index in [1.165, 1.54) is 4.70 Å². The highest BCUT2D eigenvalue weighted by Crippen LogP contribution is 2.34. The number of nitrogens with zero attached hydrogens (tertiary/aromatic N) is 3. The largest absolute Gasteiger partial charge is 0.339 e. The molecule has 0 atom stereocenters. The van der Waals surface area contributed by atoms with Gasteiger partial charge in [-0.15, -0.1) is 11.3 Å². The number of hydrogen-bond acceptors (Lipinski definition) is 4. The minimum Gasteiger partial charge on any atom is -0.339 e. The van der Waals surface area contributed by atoms with E-state index in [-0.39, 0.29) is 5.91 Å². The van der Waals surface area contributed by atoms with Crippen LogP contribution in [0.2, 0.25) is 5.02 Å². The number of aromatic nitrogens is 2. The second-order valence-corrected chi connectivity index (χ2v) is 7.85. The average Bonchev–Trinajstić information content (AvgIpc) is 3.10. The summed E-state index contributed by atoms with van der Waals surface area (Å²) in [4.78, 5) is 23.2. The summed E-state index contributed by atoms with van der Waals surface area (Å²) in [6.07, 6.45) is 6.99. The summed E-state index contributed by atoms with van der Waals surface area (Å²) >= 11 is 7.79. The van der Waals surface area contributed by atoms with Gasteiger partial charge in [0, 0.05) is 36.3 Å². The van der Waals surface area contributed by atoms with Gasteiger partial charge in [0.25, 0.3) is 0 Å². The fourth-order valence-corrected chi connectivity index (χ4v) is 4.46. The summed E-state index contributed by atoms with van der Waals surface area (Å²) in [6.45, 7) is 1.51. The molecule has 1 fully saturated rings. The van der Waals surface area contributed by atoms with Crippen LogP contribution in [0.15, 0.2) is 48.7 Å². The molecule has 1 aromatic carbocycles. The zero-order chi connectivity index (χ0) is 17.9. The molecule has 0 aliphatic carbocycles. The van der Waals surface area contributed by atoms with Crippen molar-refractivity contribution in [2.24, 2.45) is 0 Å². The standard InChI is InChI=1S/C20H18ClN3OS/c21-15-4-6-18-17(13-15)23-20(26-18)14-8-11-24(12-9-14)19(25)7-5-16-3-1-2-10-22-16/h1-7,10,13-14H,8-9,11-12H2. The molecule has 4 nitrogen and oxygen atoms in total. The maximum absolute atomic E-state index is 12.4. The number of amides is 1. The van der Waals surface area contributed by atoms with Crippen LogP contribution >= 0.6 is 22.9 Å². The van der Waals surface area contributed by atoms with Gasteiger partial charge in [-0.2, -0.15) is 0 Å². The van der Waals surface area contributed by atoms with Gasteiger partial charge >= 0.3 is 0 Å². The first kappa shape index (κ1) is 17.2. The molecule has 6 heteroatoms. The summed E-state index contributed by atoms with van der Waals surface area (Å²) in [6, 6.07) is 11.5.